The molecule has 0 bridgehead atoms. The lowest BCUT2D eigenvalue weighted by Gasteiger charge is -2.14. The number of hydrogen-bond donors (Lipinski definition) is 2. The van der Waals surface area contributed by atoms with Gasteiger partial charge >= 0.3 is 0 Å². The molecule has 1 atom stereocenters. The van der Waals surface area contributed by atoms with Gasteiger partial charge in [-0.15, -0.1) is 0 Å². The summed E-state index contributed by atoms with van der Waals surface area (Å²) >= 11 is 5.74. The van der Waals surface area contributed by atoms with Crippen molar-refractivity contribution in [2.45, 2.75) is 24.4 Å². The topological polar surface area (TPSA) is 75.3 Å². The molecule has 2 N–H and O–H groups in total. The van der Waals surface area contributed by atoms with E-state index in [4.69, 9.17) is 11.6 Å². The molecule has 0 aliphatic heterocycles. The van der Waals surface area contributed by atoms with E-state index in [1.165, 1.54) is 31.2 Å². The maximum absolute atomic E-state index is 12.2. The van der Waals surface area contributed by atoms with Crippen LogP contribution >= 0.6 is 11.6 Å². The first kappa shape index (κ1) is 17.5. The molecule has 7 heteroatoms. The maximum atomic E-state index is 12.2. The van der Waals surface area contributed by atoms with Crippen LogP contribution < -0.4 is 10.0 Å². The summed E-state index contributed by atoms with van der Waals surface area (Å²) in [6.07, 6.45) is 0. The Balaban J connectivity index is 1.96. The Morgan fingerprint density at radius 1 is 1.09 bits per heavy atom. The van der Waals surface area contributed by atoms with Crippen molar-refractivity contribution in [3.8, 4) is 0 Å². The predicted octanol–water partition coefficient (Wildman–Crippen LogP) is 2.32. The Labute approximate surface area is 140 Å². The van der Waals surface area contributed by atoms with Gasteiger partial charge in [0.15, 0.2) is 0 Å². The predicted molar refractivity (Wildman–Crippen MR) is 89.5 cm³/mol. The standard InChI is InChI=1S/C16H17ClN2O3S/c1-12(16(20)18-11-13-5-3-2-4-6-13)19-23(21,22)15-9-7-14(17)8-10-15/h2-10,12,19H,11H2,1H3,(H,18,20)/t12-/m1/s1. The minimum Gasteiger partial charge on any atom is -0.351 e. The summed E-state index contributed by atoms with van der Waals surface area (Å²) < 4.78 is 26.7. The molecule has 0 aromatic heterocycles. The lowest BCUT2D eigenvalue weighted by molar-refractivity contribution is -0.122. The zero-order chi connectivity index (χ0) is 16.9. The van der Waals surface area contributed by atoms with E-state index in [0.717, 1.165) is 5.56 Å². The number of hydrogen-bond acceptors (Lipinski definition) is 3. The highest BCUT2D eigenvalue weighted by molar-refractivity contribution is 7.89. The number of halogens is 1. The summed E-state index contributed by atoms with van der Waals surface area (Å²) in [5.41, 5.74) is 0.939. The van der Waals surface area contributed by atoms with Gasteiger partial charge in [0, 0.05) is 11.6 Å². The molecule has 0 aliphatic rings. The third kappa shape index (κ3) is 5.06. The van der Waals surface area contributed by atoms with E-state index in [9.17, 15) is 13.2 Å². The van der Waals surface area contributed by atoms with Crippen molar-refractivity contribution in [3.05, 3.63) is 65.2 Å². The normalized spacial score (nSPS) is 12.6. The van der Waals surface area contributed by atoms with E-state index in [1.807, 2.05) is 30.3 Å². The van der Waals surface area contributed by atoms with E-state index in [2.05, 4.69) is 10.0 Å². The van der Waals surface area contributed by atoms with Crippen molar-refractivity contribution >= 4 is 27.5 Å². The van der Waals surface area contributed by atoms with Gasteiger partial charge in [-0.2, -0.15) is 4.72 Å². The molecule has 122 valence electrons. The molecule has 2 rings (SSSR count). The lowest BCUT2D eigenvalue weighted by Crippen LogP contribution is -2.44. The SMILES string of the molecule is C[C@@H](NS(=O)(=O)c1ccc(Cl)cc1)C(=O)NCc1ccccc1. The van der Waals surface area contributed by atoms with Crippen LogP contribution in [0.5, 0.6) is 0 Å². The molecular formula is C16H17ClN2O3S. The van der Waals surface area contributed by atoms with Crippen molar-refractivity contribution in [2.24, 2.45) is 0 Å². The van der Waals surface area contributed by atoms with Gasteiger partial charge in [0.25, 0.3) is 0 Å². The number of carbonyl (C=O) groups excluding carboxylic acids is 1. The molecule has 1 amide bonds. The molecule has 0 saturated carbocycles. The average Bonchev–Trinajstić information content (AvgIpc) is 2.53. The summed E-state index contributed by atoms with van der Waals surface area (Å²) in [5.74, 6) is -0.397. The van der Waals surface area contributed by atoms with Crippen molar-refractivity contribution < 1.29 is 13.2 Å². The van der Waals surface area contributed by atoms with Gasteiger partial charge in [-0.3, -0.25) is 4.79 Å². The van der Waals surface area contributed by atoms with E-state index in [0.29, 0.717) is 11.6 Å². The first-order valence-electron chi connectivity index (χ1n) is 6.98. The Morgan fingerprint density at radius 2 is 1.70 bits per heavy atom. The van der Waals surface area contributed by atoms with Crippen LogP contribution in [-0.4, -0.2) is 20.4 Å². The molecule has 0 spiro atoms. The number of rotatable bonds is 6. The fourth-order valence-electron chi connectivity index (χ4n) is 1.91. The zero-order valence-corrected chi connectivity index (χ0v) is 14.1. The largest absolute Gasteiger partial charge is 0.351 e. The molecule has 0 aliphatic carbocycles. The minimum absolute atomic E-state index is 0.0598. The molecule has 0 radical (unpaired) electrons. The van der Waals surface area contributed by atoms with E-state index < -0.39 is 22.0 Å². The highest BCUT2D eigenvalue weighted by Crippen LogP contribution is 2.14. The second kappa shape index (κ2) is 7.59. The average molecular weight is 353 g/mol. The van der Waals surface area contributed by atoms with Crippen molar-refractivity contribution in [2.75, 3.05) is 0 Å². The van der Waals surface area contributed by atoms with Gasteiger partial charge < -0.3 is 5.32 Å². The maximum Gasteiger partial charge on any atom is 0.241 e. The van der Waals surface area contributed by atoms with Crippen LogP contribution in [0.2, 0.25) is 5.02 Å². The highest BCUT2D eigenvalue weighted by atomic mass is 35.5. The number of carbonyl (C=O) groups is 1. The Morgan fingerprint density at radius 3 is 2.30 bits per heavy atom. The van der Waals surface area contributed by atoms with Crippen LogP contribution in [0.25, 0.3) is 0 Å². The van der Waals surface area contributed by atoms with Crippen LogP contribution in [0.1, 0.15) is 12.5 Å². The number of amides is 1. The van der Waals surface area contributed by atoms with Crippen molar-refractivity contribution in [1.82, 2.24) is 10.0 Å². The molecular weight excluding hydrogens is 336 g/mol. The van der Waals surface area contributed by atoms with Crippen LogP contribution in [0.15, 0.2) is 59.5 Å². The molecule has 0 fully saturated rings. The van der Waals surface area contributed by atoms with Crippen LogP contribution in [-0.2, 0) is 21.4 Å². The minimum atomic E-state index is -3.77. The fourth-order valence-corrected chi connectivity index (χ4v) is 3.24. The third-order valence-electron chi connectivity index (χ3n) is 3.16. The Hall–Kier alpha value is -1.89. The number of benzene rings is 2. The summed E-state index contributed by atoms with van der Waals surface area (Å²) in [7, 11) is -3.77. The molecule has 0 saturated heterocycles. The van der Waals surface area contributed by atoms with Gasteiger partial charge in [0.05, 0.1) is 10.9 Å². The fraction of sp³-hybridized carbons (Fsp3) is 0.188. The monoisotopic (exact) mass is 352 g/mol. The first-order valence-corrected chi connectivity index (χ1v) is 8.84. The first-order chi connectivity index (χ1) is 10.9. The van der Waals surface area contributed by atoms with Gasteiger partial charge in [-0.1, -0.05) is 41.9 Å². The smallest absolute Gasteiger partial charge is 0.241 e. The van der Waals surface area contributed by atoms with E-state index in [1.54, 1.807) is 0 Å². The van der Waals surface area contributed by atoms with Crippen LogP contribution in [0.3, 0.4) is 0 Å². The van der Waals surface area contributed by atoms with Gasteiger partial charge in [-0.05, 0) is 36.8 Å². The van der Waals surface area contributed by atoms with Gasteiger partial charge in [-0.25, -0.2) is 8.42 Å². The van der Waals surface area contributed by atoms with Crippen LogP contribution in [0, 0.1) is 0 Å². The molecule has 5 nitrogen and oxygen atoms in total. The second-order valence-electron chi connectivity index (χ2n) is 5.00. The van der Waals surface area contributed by atoms with Crippen molar-refractivity contribution in [3.63, 3.8) is 0 Å². The van der Waals surface area contributed by atoms with Crippen molar-refractivity contribution in [1.29, 1.82) is 0 Å². The molecule has 2 aromatic rings. The van der Waals surface area contributed by atoms with E-state index >= 15 is 0 Å². The third-order valence-corrected chi connectivity index (χ3v) is 4.97. The number of sulfonamides is 1. The molecule has 0 unspecified atom stereocenters. The summed E-state index contributed by atoms with van der Waals surface area (Å²) in [4.78, 5) is 12.1. The molecule has 2 aromatic carbocycles. The Bertz CT molecular complexity index is 762. The van der Waals surface area contributed by atoms with Crippen LogP contribution in [0.4, 0.5) is 0 Å². The summed E-state index contributed by atoms with van der Waals surface area (Å²) in [5, 5.41) is 3.14. The summed E-state index contributed by atoms with van der Waals surface area (Å²) in [6, 6.07) is 14.2. The van der Waals surface area contributed by atoms with Gasteiger partial charge in [0.1, 0.15) is 0 Å². The highest BCUT2D eigenvalue weighted by Gasteiger charge is 2.21. The number of nitrogens with one attached hydrogen (secondary N) is 2. The lowest BCUT2D eigenvalue weighted by atomic mass is 10.2. The van der Waals surface area contributed by atoms with E-state index in [-0.39, 0.29) is 4.90 Å². The quantitative estimate of drug-likeness (QED) is 0.837. The Kier molecular flexibility index (Phi) is 5.76. The second-order valence-corrected chi connectivity index (χ2v) is 7.15. The zero-order valence-electron chi connectivity index (χ0n) is 12.5. The summed E-state index contributed by atoms with van der Waals surface area (Å²) in [6.45, 7) is 1.83. The van der Waals surface area contributed by atoms with Gasteiger partial charge in [0.2, 0.25) is 15.9 Å². The molecule has 0 heterocycles. The molecule has 23 heavy (non-hydrogen) atoms.